The molecule has 182 valence electrons. The summed E-state index contributed by atoms with van der Waals surface area (Å²) in [6, 6.07) is 21.5. The first-order valence-electron chi connectivity index (χ1n) is 11.3. The second-order valence-corrected chi connectivity index (χ2v) is 7.93. The first-order valence-corrected chi connectivity index (χ1v) is 11.3. The Bertz CT molecular complexity index is 1280. The van der Waals surface area contributed by atoms with Gasteiger partial charge in [0.15, 0.2) is 11.5 Å². The van der Waals surface area contributed by atoms with Crippen LogP contribution in [0.2, 0.25) is 0 Å². The second-order valence-electron chi connectivity index (χ2n) is 7.93. The Morgan fingerprint density at radius 1 is 0.914 bits per heavy atom. The number of hydrogen-bond acceptors (Lipinski definition) is 7. The van der Waals surface area contributed by atoms with Crippen molar-refractivity contribution in [3.05, 3.63) is 78.5 Å². The summed E-state index contributed by atoms with van der Waals surface area (Å²) in [7, 11) is 1.64. The van der Waals surface area contributed by atoms with Gasteiger partial charge in [0.25, 0.3) is 0 Å². The van der Waals surface area contributed by atoms with Crippen molar-refractivity contribution in [2.24, 2.45) is 0 Å². The van der Waals surface area contributed by atoms with Gasteiger partial charge < -0.3 is 29.6 Å². The number of methoxy groups -OCH3 is 1. The van der Waals surface area contributed by atoms with Crippen LogP contribution in [0.4, 0.5) is 5.69 Å². The summed E-state index contributed by atoms with van der Waals surface area (Å²) in [6.45, 7) is 2.78. The molecule has 2 heterocycles. The van der Waals surface area contributed by atoms with E-state index in [1.807, 2.05) is 66.9 Å². The Labute approximate surface area is 210 Å². The molecule has 5 rings (SSSR count). The van der Waals surface area contributed by atoms with Gasteiger partial charge in [-0.3, -0.25) is 4.98 Å². The van der Waals surface area contributed by atoms with Crippen LogP contribution < -0.4 is 29.6 Å². The van der Waals surface area contributed by atoms with Crippen LogP contribution in [0.15, 0.2) is 72.9 Å². The number of hydrogen-bond donors (Lipinski definition) is 2. The molecule has 0 bridgehead atoms. The van der Waals surface area contributed by atoms with Crippen molar-refractivity contribution in [1.82, 2.24) is 10.3 Å². The molecular weight excluding hydrogens is 466 g/mol. The number of nitrogens with zero attached hydrogens (tertiary/aromatic N) is 1. The Morgan fingerprint density at radius 3 is 2.69 bits per heavy atom. The molecule has 0 saturated heterocycles. The minimum Gasteiger partial charge on any atom is -0.497 e. The quantitative estimate of drug-likeness (QED) is 0.271. The highest BCUT2D eigenvalue weighted by Gasteiger charge is 2.16. The second kappa shape index (κ2) is 11.6. The summed E-state index contributed by atoms with van der Waals surface area (Å²) in [5, 5.41) is 8.07. The highest BCUT2D eigenvalue weighted by Crippen LogP contribution is 2.35. The third-order valence-corrected chi connectivity index (χ3v) is 5.63. The molecule has 8 heteroatoms. The maximum atomic E-state index is 5.99. The van der Waals surface area contributed by atoms with E-state index in [1.165, 1.54) is 0 Å². The number of benzene rings is 3. The van der Waals surface area contributed by atoms with Crippen molar-refractivity contribution in [2.75, 3.05) is 32.3 Å². The predicted molar refractivity (Wildman–Crippen MR) is 139 cm³/mol. The van der Waals surface area contributed by atoms with Gasteiger partial charge in [-0.15, -0.1) is 12.4 Å². The fourth-order valence-electron chi connectivity index (χ4n) is 3.94. The van der Waals surface area contributed by atoms with Crippen LogP contribution in [0.25, 0.3) is 10.9 Å². The number of nitrogens with one attached hydrogen (secondary N) is 2. The van der Waals surface area contributed by atoms with E-state index >= 15 is 0 Å². The van der Waals surface area contributed by atoms with Gasteiger partial charge in [-0.25, -0.2) is 0 Å². The molecule has 1 aromatic heterocycles. The maximum Gasteiger partial charge on any atom is 0.231 e. The topological polar surface area (TPSA) is 73.9 Å². The predicted octanol–water partition coefficient (Wildman–Crippen LogP) is 5.78. The van der Waals surface area contributed by atoms with Crippen molar-refractivity contribution in [2.45, 2.75) is 13.0 Å². The molecular formula is C27H28ClN3O4. The van der Waals surface area contributed by atoms with Crippen molar-refractivity contribution >= 4 is 29.0 Å². The minimum atomic E-state index is 0. The summed E-state index contributed by atoms with van der Waals surface area (Å²) >= 11 is 0. The highest BCUT2D eigenvalue weighted by atomic mass is 35.5. The van der Waals surface area contributed by atoms with E-state index in [1.54, 1.807) is 7.11 Å². The zero-order valence-corrected chi connectivity index (χ0v) is 20.3. The lowest BCUT2D eigenvalue weighted by Gasteiger charge is -2.12. The SMILES string of the molecule is COc1cccc(Oc2ccc3c(NCCCNCc4cccc5c4OCO5)ccnc3c2)c1.Cl. The number of para-hydroxylation sites is 1. The Hall–Kier alpha value is -3.68. The van der Waals surface area contributed by atoms with E-state index in [0.717, 1.165) is 77.0 Å². The van der Waals surface area contributed by atoms with Gasteiger partial charge in [0.2, 0.25) is 6.79 Å². The van der Waals surface area contributed by atoms with Gasteiger partial charge in [-0.1, -0.05) is 18.2 Å². The molecule has 35 heavy (non-hydrogen) atoms. The lowest BCUT2D eigenvalue weighted by Crippen LogP contribution is -2.18. The normalized spacial score (nSPS) is 11.7. The monoisotopic (exact) mass is 493 g/mol. The summed E-state index contributed by atoms with van der Waals surface area (Å²) in [4.78, 5) is 4.52. The number of rotatable bonds is 10. The van der Waals surface area contributed by atoms with Crippen LogP contribution in [0.5, 0.6) is 28.7 Å². The van der Waals surface area contributed by atoms with Crippen molar-refractivity contribution in [3.8, 4) is 28.7 Å². The first-order chi connectivity index (χ1) is 16.8. The van der Waals surface area contributed by atoms with Crippen LogP contribution >= 0.6 is 12.4 Å². The number of halogens is 1. The third-order valence-electron chi connectivity index (χ3n) is 5.63. The van der Waals surface area contributed by atoms with Crippen molar-refractivity contribution in [1.29, 1.82) is 0 Å². The van der Waals surface area contributed by atoms with E-state index in [4.69, 9.17) is 18.9 Å². The summed E-state index contributed by atoms with van der Waals surface area (Å²) in [6.07, 6.45) is 2.80. The van der Waals surface area contributed by atoms with E-state index in [-0.39, 0.29) is 12.4 Å². The molecule has 0 spiro atoms. The lowest BCUT2D eigenvalue weighted by atomic mass is 10.1. The van der Waals surface area contributed by atoms with Crippen LogP contribution in [0.1, 0.15) is 12.0 Å². The summed E-state index contributed by atoms with van der Waals surface area (Å²) in [5.41, 5.74) is 3.06. The maximum absolute atomic E-state index is 5.99. The smallest absolute Gasteiger partial charge is 0.231 e. The Morgan fingerprint density at radius 2 is 1.77 bits per heavy atom. The van der Waals surface area contributed by atoms with E-state index in [2.05, 4.69) is 21.7 Å². The van der Waals surface area contributed by atoms with E-state index < -0.39 is 0 Å². The van der Waals surface area contributed by atoms with Crippen molar-refractivity contribution in [3.63, 3.8) is 0 Å². The summed E-state index contributed by atoms with van der Waals surface area (Å²) in [5.74, 6) is 3.89. The Balaban J connectivity index is 0.00000289. The molecule has 0 radical (unpaired) electrons. The van der Waals surface area contributed by atoms with E-state index in [9.17, 15) is 0 Å². The molecule has 0 aliphatic carbocycles. The van der Waals surface area contributed by atoms with E-state index in [0.29, 0.717) is 6.79 Å². The van der Waals surface area contributed by atoms with Crippen LogP contribution in [0, 0.1) is 0 Å². The molecule has 0 amide bonds. The molecule has 7 nitrogen and oxygen atoms in total. The van der Waals surface area contributed by atoms with Crippen LogP contribution in [0.3, 0.4) is 0 Å². The van der Waals surface area contributed by atoms with Gasteiger partial charge >= 0.3 is 0 Å². The van der Waals surface area contributed by atoms with Crippen LogP contribution in [-0.4, -0.2) is 32.0 Å². The number of fused-ring (bicyclic) bond motifs is 2. The van der Waals surface area contributed by atoms with Gasteiger partial charge in [-0.05, 0) is 49.4 Å². The number of ether oxygens (including phenoxy) is 4. The minimum absolute atomic E-state index is 0. The van der Waals surface area contributed by atoms with Gasteiger partial charge in [-0.2, -0.15) is 0 Å². The van der Waals surface area contributed by atoms with Gasteiger partial charge in [0, 0.05) is 48.1 Å². The lowest BCUT2D eigenvalue weighted by molar-refractivity contribution is 0.173. The molecule has 1 aliphatic rings. The number of pyridine rings is 1. The largest absolute Gasteiger partial charge is 0.497 e. The molecule has 0 atom stereocenters. The highest BCUT2D eigenvalue weighted by molar-refractivity contribution is 5.91. The van der Waals surface area contributed by atoms with Crippen LogP contribution in [-0.2, 0) is 6.54 Å². The zero-order valence-electron chi connectivity index (χ0n) is 19.5. The molecule has 2 N–H and O–H groups in total. The number of aromatic nitrogens is 1. The van der Waals surface area contributed by atoms with Gasteiger partial charge in [0.05, 0.1) is 12.6 Å². The first kappa shape index (κ1) is 24.4. The Kier molecular flexibility index (Phi) is 8.13. The summed E-state index contributed by atoms with van der Waals surface area (Å²) < 4.78 is 22.3. The molecule has 0 unspecified atom stereocenters. The molecule has 4 aromatic rings. The molecule has 0 saturated carbocycles. The zero-order chi connectivity index (χ0) is 23.2. The average molecular weight is 494 g/mol. The third kappa shape index (κ3) is 5.88. The number of anilines is 1. The molecule has 3 aromatic carbocycles. The standard InChI is InChI=1S/C27H27N3O4.ClH/c1-31-20-6-3-7-21(15-20)34-22-9-10-23-24(11-14-30-25(23)16-22)29-13-4-12-28-17-19-5-2-8-26-27(19)33-18-32-26;/h2-3,5-11,14-16,28H,4,12-13,17-18H2,1H3,(H,29,30);1H. The van der Waals surface area contributed by atoms with Crippen molar-refractivity contribution < 1.29 is 18.9 Å². The molecule has 0 fully saturated rings. The molecule has 1 aliphatic heterocycles. The van der Waals surface area contributed by atoms with Gasteiger partial charge in [0.1, 0.15) is 17.2 Å². The average Bonchev–Trinajstić information content (AvgIpc) is 3.36. The fraction of sp³-hybridized carbons (Fsp3) is 0.222. The fourth-order valence-corrected chi connectivity index (χ4v) is 3.94.